The van der Waals surface area contributed by atoms with Crippen molar-refractivity contribution in [2.24, 2.45) is 0 Å². The molecular weight excluding hydrogens is 146 g/mol. The van der Waals surface area contributed by atoms with Gasteiger partial charge in [0.2, 0.25) is 0 Å². The summed E-state index contributed by atoms with van der Waals surface area (Å²) in [5, 5.41) is 0. The minimum Gasteiger partial charge on any atom is -0.465 e. The van der Waals surface area contributed by atoms with E-state index >= 15 is 0 Å². The van der Waals surface area contributed by atoms with Gasteiger partial charge in [0.05, 0.1) is 7.11 Å². The van der Waals surface area contributed by atoms with E-state index < -0.39 is 18.5 Å². The molecule has 0 radical (unpaired) electrons. The van der Waals surface area contributed by atoms with Crippen LogP contribution >= 0.6 is 0 Å². The predicted molar refractivity (Wildman–Crippen MR) is 28.8 cm³/mol. The van der Waals surface area contributed by atoms with Gasteiger partial charge in [-0.3, -0.25) is 0 Å². The number of methoxy groups -OCH3 is 2. The maximum absolute atomic E-state index is 12.6. The average Bonchev–Trinajstić information content (AvgIpc) is 2.01. The molecule has 10 heavy (non-hydrogen) atoms. The molecule has 0 spiro atoms. The lowest BCUT2D eigenvalue weighted by Gasteiger charge is -2.15. The molecule has 0 heterocycles. The Bertz CT molecular complexity index is 122. The lowest BCUT2D eigenvalue weighted by atomic mass is 10.3. The van der Waals surface area contributed by atoms with Gasteiger partial charge < -0.3 is 9.47 Å². The number of halogens is 2. The predicted octanol–water partition coefficient (Wildman–Crippen LogP) is 0.441. The van der Waals surface area contributed by atoms with Gasteiger partial charge >= 0.3 is 11.8 Å². The van der Waals surface area contributed by atoms with Crippen LogP contribution in [0.1, 0.15) is 0 Å². The summed E-state index contributed by atoms with van der Waals surface area (Å²) in [5.74, 6) is -4.30. The molecule has 0 bridgehead atoms. The highest BCUT2D eigenvalue weighted by Crippen LogP contribution is 2.14. The molecule has 0 saturated carbocycles. The summed E-state index contributed by atoms with van der Waals surface area (Å²) in [6, 6.07) is 0. The Labute approximate surface area is 56.9 Å². The molecule has 1 unspecified atom stereocenters. The Kier molecular flexibility index (Phi) is 3.21. The first-order chi connectivity index (χ1) is 4.60. The van der Waals surface area contributed by atoms with Crippen molar-refractivity contribution in [1.29, 1.82) is 0 Å². The molecule has 60 valence electrons. The van der Waals surface area contributed by atoms with Crippen molar-refractivity contribution in [1.82, 2.24) is 0 Å². The van der Waals surface area contributed by atoms with Crippen LogP contribution in [-0.2, 0) is 14.3 Å². The summed E-state index contributed by atoms with van der Waals surface area (Å²) in [7, 11) is 1.84. The third kappa shape index (κ3) is 1.63. The van der Waals surface area contributed by atoms with Crippen LogP contribution in [0, 0.1) is 0 Å². The van der Waals surface area contributed by atoms with Gasteiger partial charge in [0, 0.05) is 7.11 Å². The van der Waals surface area contributed by atoms with Crippen molar-refractivity contribution in [3.8, 4) is 0 Å². The number of carbonyl (C=O) groups is 1. The van der Waals surface area contributed by atoms with Gasteiger partial charge in [0.25, 0.3) is 0 Å². The SMILES string of the molecule is COC(=O)C(F)(CF)OC. The molecule has 0 amide bonds. The van der Waals surface area contributed by atoms with Crippen molar-refractivity contribution in [3.05, 3.63) is 0 Å². The zero-order valence-corrected chi connectivity index (χ0v) is 5.69. The number of alkyl halides is 2. The molecule has 0 aromatic carbocycles. The molecule has 1 atom stereocenters. The second-order valence-electron chi connectivity index (χ2n) is 1.56. The topological polar surface area (TPSA) is 35.5 Å². The van der Waals surface area contributed by atoms with Crippen molar-refractivity contribution >= 4 is 5.97 Å². The van der Waals surface area contributed by atoms with Crippen LogP contribution in [0.4, 0.5) is 8.78 Å². The van der Waals surface area contributed by atoms with Crippen LogP contribution in [-0.4, -0.2) is 32.7 Å². The van der Waals surface area contributed by atoms with Gasteiger partial charge in [-0.25, -0.2) is 9.18 Å². The molecule has 0 rings (SSSR count). The van der Waals surface area contributed by atoms with Crippen LogP contribution in [0.3, 0.4) is 0 Å². The molecule has 0 aliphatic carbocycles. The number of rotatable bonds is 3. The highest BCUT2D eigenvalue weighted by molar-refractivity contribution is 5.77. The Morgan fingerprint density at radius 1 is 1.60 bits per heavy atom. The van der Waals surface area contributed by atoms with E-state index in [0.29, 0.717) is 0 Å². The molecule has 0 aliphatic heterocycles. The largest absolute Gasteiger partial charge is 0.465 e. The Balaban J connectivity index is 4.17. The van der Waals surface area contributed by atoms with Crippen LogP contribution in [0.15, 0.2) is 0 Å². The van der Waals surface area contributed by atoms with E-state index in [0.717, 1.165) is 14.2 Å². The standard InChI is InChI=1S/C5H8F2O3/c1-9-4(8)5(7,3-6)10-2/h3H2,1-2H3. The second kappa shape index (κ2) is 3.46. The fourth-order valence-electron chi connectivity index (χ4n) is 0.345. The van der Waals surface area contributed by atoms with Crippen molar-refractivity contribution < 1.29 is 23.0 Å². The minimum absolute atomic E-state index is 0.885. The first kappa shape index (κ1) is 9.29. The Morgan fingerprint density at radius 2 is 2.10 bits per heavy atom. The van der Waals surface area contributed by atoms with E-state index in [2.05, 4.69) is 9.47 Å². The highest BCUT2D eigenvalue weighted by atomic mass is 19.2. The molecule has 0 aromatic heterocycles. The van der Waals surface area contributed by atoms with Gasteiger partial charge in [-0.1, -0.05) is 0 Å². The van der Waals surface area contributed by atoms with Crippen LogP contribution in [0.25, 0.3) is 0 Å². The number of esters is 1. The highest BCUT2D eigenvalue weighted by Gasteiger charge is 2.40. The van der Waals surface area contributed by atoms with Crippen molar-refractivity contribution in [2.75, 3.05) is 20.9 Å². The first-order valence-corrected chi connectivity index (χ1v) is 2.49. The van der Waals surface area contributed by atoms with E-state index in [4.69, 9.17) is 0 Å². The molecule has 0 N–H and O–H groups in total. The summed E-state index contributed by atoms with van der Waals surface area (Å²) in [5.41, 5.74) is 0. The number of carbonyl (C=O) groups excluding carboxylic acids is 1. The molecule has 0 saturated heterocycles. The molecular formula is C5H8F2O3. The normalized spacial score (nSPS) is 16.0. The van der Waals surface area contributed by atoms with Crippen molar-refractivity contribution in [2.45, 2.75) is 5.85 Å². The van der Waals surface area contributed by atoms with Crippen LogP contribution in [0.5, 0.6) is 0 Å². The smallest absolute Gasteiger partial charge is 0.374 e. The minimum atomic E-state index is -2.94. The summed E-state index contributed by atoms with van der Waals surface area (Å²) in [6.07, 6.45) is 0. The summed E-state index contributed by atoms with van der Waals surface area (Å²) < 4.78 is 32.1. The van der Waals surface area contributed by atoms with Gasteiger partial charge in [-0.15, -0.1) is 0 Å². The first-order valence-electron chi connectivity index (χ1n) is 2.49. The lowest BCUT2D eigenvalue weighted by Crippen LogP contribution is -2.39. The summed E-state index contributed by atoms with van der Waals surface area (Å²) >= 11 is 0. The molecule has 0 aliphatic rings. The quantitative estimate of drug-likeness (QED) is 0.553. The monoisotopic (exact) mass is 154 g/mol. The van der Waals surface area contributed by atoms with Gasteiger partial charge in [0.1, 0.15) is 0 Å². The lowest BCUT2D eigenvalue weighted by molar-refractivity contribution is -0.194. The number of hydrogen-bond acceptors (Lipinski definition) is 3. The zero-order chi connectivity index (χ0) is 8.20. The van der Waals surface area contributed by atoms with Crippen LogP contribution in [0.2, 0.25) is 0 Å². The fraction of sp³-hybridized carbons (Fsp3) is 0.800. The average molecular weight is 154 g/mol. The van der Waals surface area contributed by atoms with Crippen LogP contribution < -0.4 is 0 Å². The van der Waals surface area contributed by atoms with Crippen molar-refractivity contribution in [3.63, 3.8) is 0 Å². The molecule has 3 nitrogen and oxygen atoms in total. The molecule has 0 aromatic rings. The van der Waals surface area contributed by atoms with E-state index in [1.807, 2.05) is 0 Å². The summed E-state index contributed by atoms with van der Waals surface area (Å²) in [4.78, 5) is 10.3. The number of ether oxygens (including phenoxy) is 2. The van der Waals surface area contributed by atoms with E-state index in [1.54, 1.807) is 0 Å². The van der Waals surface area contributed by atoms with E-state index in [-0.39, 0.29) is 0 Å². The Hall–Kier alpha value is -0.710. The number of hydrogen-bond donors (Lipinski definition) is 0. The summed E-state index contributed by atoms with van der Waals surface area (Å²) in [6.45, 7) is -1.55. The molecule has 5 heteroatoms. The van der Waals surface area contributed by atoms with E-state index in [1.165, 1.54) is 0 Å². The Morgan fingerprint density at radius 3 is 2.20 bits per heavy atom. The zero-order valence-electron chi connectivity index (χ0n) is 5.69. The van der Waals surface area contributed by atoms with Gasteiger partial charge in [-0.05, 0) is 0 Å². The van der Waals surface area contributed by atoms with E-state index in [9.17, 15) is 13.6 Å². The second-order valence-corrected chi connectivity index (χ2v) is 1.56. The third-order valence-electron chi connectivity index (χ3n) is 0.986. The maximum atomic E-state index is 12.6. The fourth-order valence-corrected chi connectivity index (χ4v) is 0.345. The van der Waals surface area contributed by atoms with Gasteiger partial charge in [0.15, 0.2) is 6.67 Å². The van der Waals surface area contributed by atoms with Gasteiger partial charge in [-0.2, -0.15) is 4.39 Å². The molecule has 0 fully saturated rings. The third-order valence-corrected chi connectivity index (χ3v) is 0.986. The maximum Gasteiger partial charge on any atom is 0.374 e.